The Morgan fingerprint density at radius 2 is 2.20 bits per heavy atom. The minimum atomic E-state index is 0.288. The average molecular weight is 198 g/mol. The van der Waals surface area contributed by atoms with Gasteiger partial charge in [0.05, 0.1) is 5.56 Å². The summed E-state index contributed by atoms with van der Waals surface area (Å²) in [5.41, 5.74) is 1.65. The van der Waals surface area contributed by atoms with Crippen molar-refractivity contribution in [3.63, 3.8) is 0 Å². The van der Waals surface area contributed by atoms with Crippen LogP contribution in [0.3, 0.4) is 0 Å². The lowest BCUT2D eigenvalue weighted by molar-refractivity contribution is 0.506. The Morgan fingerprint density at radius 1 is 1.47 bits per heavy atom. The number of rotatable bonds is 3. The molecule has 1 rings (SSSR count). The smallest absolute Gasteiger partial charge is 0.101 e. The van der Waals surface area contributed by atoms with Crippen molar-refractivity contribution in [3.05, 3.63) is 29.6 Å². The van der Waals surface area contributed by atoms with E-state index in [0.29, 0.717) is 17.9 Å². The summed E-state index contributed by atoms with van der Waals surface area (Å²) in [5, 5.41) is 8.78. The van der Waals surface area contributed by atoms with Crippen molar-refractivity contribution < 1.29 is 0 Å². The van der Waals surface area contributed by atoms with E-state index >= 15 is 0 Å². The van der Waals surface area contributed by atoms with E-state index in [0.717, 1.165) is 5.56 Å². The maximum absolute atomic E-state index is 8.78. The molecule has 76 valence electrons. The minimum absolute atomic E-state index is 0.288. The van der Waals surface area contributed by atoms with Crippen LogP contribution in [-0.4, -0.2) is 4.98 Å². The number of hydrogen-bond donors (Lipinski definition) is 0. The SMILES string of the molecule is C#CCC(c1cncc(C#N)c1)C(C)C. The molecule has 0 fully saturated rings. The fourth-order valence-corrected chi connectivity index (χ4v) is 1.59. The number of hydrogen-bond acceptors (Lipinski definition) is 2. The molecule has 2 nitrogen and oxygen atoms in total. The molecule has 0 spiro atoms. The summed E-state index contributed by atoms with van der Waals surface area (Å²) >= 11 is 0. The van der Waals surface area contributed by atoms with Gasteiger partial charge >= 0.3 is 0 Å². The van der Waals surface area contributed by atoms with E-state index in [1.54, 1.807) is 12.4 Å². The molecule has 1 unspecified atom stereocenters. The third-order valence-electron chi connectivity index (χ3n) is 2.46. The zero-order valence-corrected chi connectivity index (χ0v) is 9.07. The maximum atomic E-state index is 8.78. The van der Waals surface area contributed by atoms with Crippen molar-refractivity contribution >= 4 is 0 Å². The van der Waals surface area contributed by atoms with E-state index in [1.165, 1.54) is 0 Å². The summed E-state index contributed by atoms with van der Waals surface area (Å²) in [6.45, 7) is 4.25. The zero-order chi connectivity index (χ0) is 11.3. The summed E-state index contributed by atoms with van der Waals surface area (Å²) in [6.07, 6.45) is 9.39. The molecule has 0 aromatic carbocycles. The number of aromatic nitrogens is 1. The van der Waals surface area contributed by atoms with Crippen LogP contribution in [-0.2, 0) is 0 Å². The molecule has 0 radical (unpaired) electrons. The fraction of sp³-hybridized carbons (Fsp3) is 0.385. The predicted octanol–water partition coefficient (Wildman–Crippen LogP) is 2.72. The van der Waals surface area contributed by atoms with E-state index in [9.17, 15) is 0 Å². The van der Waals surface area contributed by atoms with Crippen LogP contribution in [0.4, 0.5) is 0 Å². The summed E-state index contributed by atoms with van der Waals surface area (Å²) in [7, 11) is 0. The monoisotopic (exact) mass is 198 g/mol. The van der Waals surface area contributed by atoms with Crippen LogP contribution in [0.2, 0.25) is 0 Å². The number of nitrogens with zero attached hydrogens (tertiary/aromatic N) is 2. The Hall–Kier alpha value is -1.80. The first kappa shape index (κ1) is 11.3. The normalized spacial score (nSPS) is 11.8. The first-order chi connectivity index (χ1) is 7.19. The molecule has 0 aliphatic heterocycles. The lowest BCUT2D eigenvalue weighted by Crippen LogP contribution is -2.06. The van der Waals surface area contributed by atoms with Gasteiger partial charge in [-0.05, 0) is 23.5 Å². The summed E-state index contributed by atoms with van der Waals surface area (Å²) < 4.78 is 0. The fourth-order valence-electron chi connectivity index (χ4n) is 1.59. The van der Waals surface area contributed by atoms with Gasteiger partial charge < -0.3 is 0 Å². The Bertz CT molecular complexity index is 407. The molecule has 0 amide bonds. The maximum Gasteiger partial charge on any atom is 0.101 e. The van der Waals surface area contributed by atoms with Crippen molar-refractivity contribution in [2.24, 2.45) is 5.92 Å². The van der Waals surface area contributed by atoms with Crippen molar-refractivity contribution in [1.82, 2.24) is 4.98 Å². The van der Waals surface area contributed by atoms with Crippen molar-refractivity contribution in [3.8, 4) is 18.4 Å². The highest BCUT2D eigenvalue weighted by Gasteiger charge is 2.15. The van der Waals surface area contributed by atoms with E-state index in [2.05, 4.69) is 30.8 Å². The van der Waals surface area contributed by atoms with Gasteiger partial charge in [-0.15, -0.1) is 12.3 Å². The van der Waals surface area contributed by atoms with Gasteiger partial charge in [0.15, 0.2) is 0 Å². The predicted molar refractivity (Wildman–Crippen MR) is 60.0 cm³/mol. The van der Waals surface area contributed by atoms with E-state index in [4.69, 9.17) is 11.7 Å². The first-order valence-electron chi connectivity index (χ1n) is 4.97. The molecule has 0 saturated carbocycles. The molecular formula is C13H14N2. The van der Waals surface area contributed by atoms with Gasteiger partial charge in [0.2, 0.25) is 0 Å². The highest BCUT2D eigenvalue weighted by Crippen LogP contribution is 2.27. The van der Waals surface area contributed by atoms with Crippen molar-refractivity contribution in [1.29, 1.82) is 5.26 Å². The highest BCUT2D eigenvalue weighted by molar-refractivity contribution is 5.31. The van der Waals surface area contributed by atoms with Crippen LogP contribution >= 0.6 is 0 Å². The van der Waals surface area contributed by atoms with Crippen LogP contribution in [0.1, 0.15) is 37.3 Å². The molecule has 1 atom stereocenters. The van der Waals surface area contributed by atoms with Gasteiger partial charge in [0.1, 0.15) is 6.07 Å². The van der Waals surface area contributed by atoms with Crippen LogP contribution in [0.25, 0.3) is 0 Å². The van der Waals surface area contributed by atoms with Gasteiger partial charge in [0, 0.05) is 18.8 Å². The molecular weight excluding hydrogens is 184 g/mol. The molecule has 0 saturated heterocycles. The molecule has 1 aromatic rings. The van der Waals surface area contributed by atoms with E-state index in [1.807, 2.05) is 6.07 Å². The average Bonchev–Trinajstić information content (AvgIpc) is 2.25. The van der Waals surface area contributed by atoms with Crippen LogP contribution < -0.4 is 0 Å². The number of nitriles is 1. The number of pyridine rings is 1. The van der Waals surface area contributed by atoms with Crippen molar-refractivity contribution in [2.75, 3.05) is 0 Å². The number of terminal acetylenes is 1. The third kappa shape index (κ3) is 2.82. The summed E-state index contributed by atoms with van der Waals surface area (Å²) in [4.78, 5) is 4.05. The Kier molecular flexibility index (Phi) is 3.89. The quantitative estimate of drug-likeness (QED) is 0.700. The lowest BCUT2D eigenvalue weighted by Gasteiger charge is -2.18. The first-order valence-corrected chi connectivity index (χ1v) is 4.97. The van der Waals surface area contributed by atoms with Gasteiger partial charge in [0.25, 0.3) is 0 Å². The third-order valence-corrected chi connectivity index (χ3v) is 2.46. The van der Waals surface area contributed by atoms with Gasteiger partial charge in [-0.2, -0.15) is 5.26 Å². The molecule has 0 aliphatic rings. The molecule has 1 aromatic heterocycles. The second-order valence-corrected chi connectivity index (χ2v) is 3.88. The van der Waals surface area contributed by atoms with Gasteiger partial charge in [-0.25, -0.2) is 0 Å². The topological polar surface area (TPSA) is 36.7 Å². The standard InChI is InChI=1S/C13H14N2/c1-4-5-13(10(2)3)12-6-11(7-14)8-15-9-12/h1,6,8-10,13H,5H2,2-3H3. The molecule has 1 heterocycles. The Morgan fingerprint density at radius 3 is 2.73 bits per heavy atom. The zero-order valence-electron chi connectivity index (χ0n) is 9.07. The minimum Gasteiger partial charge on any atom is -0.263 e. The highest BCUT2D eigenvalue weighted by atomic mass is 14.6. The molecule has 2 heteroatoms. The summed E-state index contributed by atoms with van der Waals surface area (Å²) in [6, 6.07) is 3.96. The van der Waals surface area contributed by atoms with Crippen LogP contribution in [0, 0.1) is 29.6 Å². The van der Waals surface area contributed by atoms with Gasteiger partial charge in [-0.1, -0.05) is 13.8 Å². The second kappa shape index (κ2) is 5.17. The Balaban J connectivity index is 3.02. The summed E-state index contributed by atoms with van der Waals surface area (Å²) in [5.74, 6) is 3.42. The largest absolute Gasteiger partial charge is 0.263 e. The second-order valence-electron chi connectivity index (χ2n) is 3.88. The van der Waals surface area contributed by atoms with Crippen LogP contribution in [0.15, 0.2) is 18.5 Å². The van der Waals surface area contributed by atoms with E-state index < -0.39 is 0 Å². The van der Waals surface area contributed by atoms with Gasteiger partial charge in [-0.3, -0.25) is 4.98 Å². The molecule has 0 bridgehead atoms. The lowest BCUT2D eigenvalue weighted by atomic mass is 9.86. The Labute approximate surface area is 91.0 Å². The van der Waals surface area contributed by atoms with E-state index in [-0.39, 0.29) is 5.92 Å². The molecule has 15 heavy (non-hydrogen) atoms. The van der Waals surface area contributed by atoms with Crippen LogP contribution in [0.5, 0.6) is 0 Å². The molecule has 0 aliphatic carbocycles. The molecule has 0 N–H and O–H groups in total. The van der Waals surface area contributed by atoms with Crippen molar-refractivity contribution in [2.45, 2.75) is 26.2 Å².